The number of hydrogen-bond acceptors (Lipinski definition) is 7. The predicted octanol–water partition coefficient (Wildman–Crippen LogP) is 1.67. The van der Waals surface area contributed by atoms with Crippen molar-refractivity contribution in [1.29, 1.82) is 0 Å². The number of pyridine rings is 1. The average Bonchev–Trinajstić information content (AvgIpc) is 2.99. The van der Waals surface area contributed by atoms with Crippen molar-refractivity contribution in [2.24, 2.45) is 17.8 Å². The van der Waals surface area contributed by atoms with Crippen molar-refractivity contribution in [2.45, 2.75) is 118 Å². The molecule has 0 fully saturated rings. The Morgan fingerprint density at radius 1 is 0.851 bits per heavy atom. The number of halogens is 1. The van der Waals surface area contributed by atoms with E-state index in [1.54, 1.807) is 13.8 Å². The lowest BCUT2D eigenvalue weighted by molar-refractivity contribution is -0.607. The molecule has 0 spiro atoms. The molecule has 0 unspecified atom stereocenters. The van der Waals surface area contributed by atoms with Crippen LogP contribution in [0.15, 0.2) is 18.5 Å². The monoisotopic (exact) mass is 665 g/mol. The lowest BCUT2D eigenvalue weighted by Crippen LogP contribution is -2.58. The molecule has 0 saturated carbocycles. The van der Waals surface area contributed by atoms with Gasteiger partial charge >= 0.3 is 0 Å². The van der Waals surface area contributed by atoms with Gasteiger partial charge in [-0.05, 0) is 44.4 Å². The highest BCUT2D eigenvalue weighted by atomic mass is 19.1. The molecule has 1 rings (SSSR count). The topological polar surface area (TPSA) is 184 Å². The van der Waals surface area contributed by atoms with E-state index in [1.807, 2.05) is 48.5 Å². The third-order valence-corrected chi connectivity index (χ3v) is 7.89. The lowest BCUT2D eigenvalue weighted by Gasteiger charge is -2.29. The van der Waals surface area contributed by atoms with E-state index in [0.29, 0.717) is 38.4 Å². The second-order valence-electron chi connectivity index (χ2n) is 12.8. The van der Waals surface area contributed by atoms with Gasteiger partial charge in [-0.1, -0.05) is 61.3 Å². The van der Waals surface area contributed by atoms with Crippen LogP contribution in [0.5, 0.6) is 0 Å². The van der Waals surface area contributed by atoms with E-state index >= 15 is 0 Å². The zero-order valence-corrected chi connectivity index (χ0v) is 29.4. The second kappa shape index (κ2) is 20.4. The van der Waals surface area contributed by atoms with Gasteiger partial charge in [0.1, 0.15) is 18.1 Å². The predicted molar refractivity (Wildman–Crippen MR) is 177 cm³/mol. The minimum Gasteiger partial charge on any atom is -0.619 e. The van der Waals surface area contributed by atoms with E-state index in [-0.39, 0.29) is 52.4 Å². The summed E-state index contributed by atoms with van der Waals surface area (Å²) >= 11 is 0. The van der Waals surface area contributed by atoms with Gasteiger partial charge in [0.05, 0.1) is 11.6 Å². The minimum absolute atomic E-state index is 0.116. The van der Waals surface area contributed by atoms with Gasteiger partial charge in [-0.15, -0.1) is 0 Å². The molecule has 0 aliphatic carbocycles. The molecular weight excluding hydrogens is 609 g/mol. The van der Waals surface area contributed by atoms with Crippen molar-refractivity contribution < 1.29 is 33.1 Å². The number of nitrogens with one attached hydrogen (secondary N) is 6. The fraction of sp³-hybridized carbons (Fsp3) is 0.697. The largest absolute Gasteiger partial charge is 0.619 e. The fourth-order valence-electron chi connectivity index (χ4n) is 4.95. The summed E-state index contributed by atoms with van der Waals surface area (Å²) in [7, 11) is 0. The maximum absolute atomic E-state index is 14.3. The quantitative estimate of drug-likeness (QED) is 0.0904. The molecule has 0 aliphatic heterocycles. The van der Waals surface area contributed by atoms with Crippen LogP contribution in [-0.4, -0.2) is 72.8 Å². The summed E-state index contributed by atoms with van der Waals surface area (Å²) in [5, 5.41) is 28.4. The van der Waals surface area contributed by atoms with Gasteiger partial charge in [0, 0.05) is 25.2 Å². The molecule has 0 bridgehead atoms. The molecule has 47 heavy (non-hydrogen) atoms. The molecule has 1 aromatic heterocycles. The normalized spacial score (nSPS) is 15.1. The SMILES string of the molecule is CCC[C@H](NC(=O)[C@@H](NC(=O)c1cc[n+]([O-])cc1F)[C@@H](C)CC)C(=O)N[C@H](CN[C@@H](C)C(=O)N[C@H](C(=O)NCC)C(C)C)CC(C)C. The highest BCUT2D eigenvalue weighted by molar-refractivity contribution is 5.98. The molecule has 5 amide bonds. The Morgan fingerprint density at radius 2 is 1.51 bits per heavy atom. The first-order valence-corrected chi connectivity index (χ1v) is 16.7. The Kier molecular flexibility index (Phi) is 17.9. The highest BCUT2D eigenvalue weighted by Crippen LogP contribution is 2.13. The Morgan fingerprint density at radius 3 is 2.04 bits per heavy atom. The number of carbonyl (C=O) groups is 5. The van der Waals surface area contributed by atoms with Gasteiger partial charge in [0.15, 0.2) is 6.20 Å². The van der Waals surface area contributed by atoms with E-state index in [4.69, 9.17) is 0 Å². The minimum atomic E-state index is -1.07. The summed E-state index contributed by atoms with van der Waals surface area (Å²) in [6, 6.07) is -2.67. The number of carbonyl (C=O) groups excluding carboxylic acids is 5. The van der Waals surface area contributed by atoms with Crippen LogP contribution in [0.3, 0.4) is 0 Å². The van der Waals surface area contributed by atoms with Gasteiger partial charge in [-0.2, -0.15) is 9.12 Å². The van der Waals surface area contributed by atoms with Crippen LogP contribution in [-0.2, 0) is 19.2 Å². The van der Waals surface area contributed by atoms with Crippen LogP contribution < -0.4 is 36.6 Å². The third kappa shape index (κ3) is 13.8. The van der Waals surface area contributed by atoms with Gasteiger partial charge in [0.25, 0.3) is 5.91 Å². The highest BCUT2D eigenvalue weighted by Gasteiger charge is 2.32. The van der Waals surface area contributed by atoms with Gasteiger partial charge < -0.3 is 37.1 Å². The number of rotatable bonds is 20. The van der Waals surface area contributed by atoms with E-state index in [1.165, 1.54) is 0 Å². The van der Waals surface area contributed by atoms with Crippen molar-refractivity contribution in [3.63, 3.8) is 0 Å². The van der Waals surface area contributed by atoms with Crippen LogP contribution >= 0.6 is 0 Å². The summed E-state index contributed by atoms with van der Waals surface area (Å²) in [6.07, 6.45) is 3.62. The molecule has 0 aliphatic rings. The zero-order valence-electron chi connectivity index (χ0n) is 29.4. The molecule has 1 aromatic rings. The summed E-state index contributed by atoms with van der Waals surface area (Å²) in [5.41, 5.74) is -0.378. The maximum atomic E-state index is 14.3. The molecule has 14 heteroatoms. The molecule has 1 heterocycles. The van der Waals surface area contributed by atoms with Crippen molar-refractivity contribution >= 4 is 29.5 Å². The fourth-order valence-corrected chi connectivity index (χ4v) is 4.95. The number of amides is 5. The molecule has 0 aromatic carbocycles. The Balaban J connectivity index is 3.01. The summed E-state index contributed by atoms with van der Waals surface area (Å²) < 4.78 is 14.5. The van der Waals surface area contributed by atoms with Crippen LogP contribution in [0, 0.1) is 28.8 Å². The first-order valence-electron chi connectivity index (χ1n) is 16.7. The first-order chi connectivity index (χ1) is 22.1. The van der Waals surface area contributed by atoms with Crippen LogP contribution in [0.1, 0.15) is 98.4 Å². The Hall–Kier alpha value is -3.81. The lowest BCUT2D eigenvalue weighted by atomic mass is 9.97. The molecule has 6 atom stereocenters. The van der Waals surface area contributed by atoms with Crippen molar-refractivity contribution in [2.75, 3.05) is 13.1 Å². The van der Waals surface area contributed by atoms with Gasteiger partial charge in [-0.25, -0.2) is 0 Å². The number of hydrogen-bond donors (Lipinski definition) is 6. The summed E-state index contributed by atoms with van der Waals surface area (Å²) in [6.45, 7) is 17.4. The summed E-state index contributed by atoms with van der Waals surface area (Å²) in [5.74, 6) is -3.75. The maximum Gasteiger partial charge on any atom is 0.255 e. The van der Waals surface area contributed by atoms with E-state index in [0.717, 1.165) is 12.3 Å². The van der Waals surface area contributed by atoms with Crippen LogP contribution in [0.2, 0.25) is 0 Å². The second-order valence-corrected chi connectivity index (χ2v) is 12.8. The average molecular weight is 666 g/mol. The Labute approximate surface area is 278 Å². The molecule has 13 nitrogen and oxygen atoms in total. The van der Waals surface area contributed by atoms with Crippen molar-refractivity contribution in [3.8, 4) is 0 Å². The molecule has 266 valence electrons. The number of likely N-dealkylation sites (N-methyl/N-ethyl adjacent to an activating group) is 1. The molecule has 6 N–H and O–H groups in total. The van der Waals surface area contributed by atoms with E-state index < -0.39 is 47.7 Å². The third-order valence-electron chi connectivity index (χ3n) is 7.89. The molecule has 0 saturated heterocycles. The summed E-state index contributed by atoms with van der Waals surface area (Å²) in [4.78, 5) is 65.2. The first kappa shape index (κ1) is 41.2. The number of nitrogens with zero attached hydrogens (tertiary/aromatic N) is 1. The molecule has 0 radical (unpaired) electrons. The standard InChI is InChI=1S/C33H56FN7O6/c1-10-13-26(38-33(46)28(21(8)11-2)40-30(43)24-14-15-41(47)18-25(24)34)31(44)37-23(16-19(4)5)17-36-22(9)29(42)39-27(20(6)7)32(45)35-12-3/h14-15,18-23,26-28,36H,10-13,16-17H2,1-9H3,(H,35,45)(H,37,44)(H,38,46)(H,39,42)(H,40,43)/t21-,22-,23-,26-,27-,28-/m0/s1. The van der Waals surface area contributed by atoms with Crippen LogP contribution in [0.4, 0.5) is 4.39 Å². The Bertz CT molecular complexity index is 1200. The van der Waals surface area contributed by atoms with E-state index in [9.17, 15) is 33.6 Å². The van der Waals surface area contributed by atoms with E-state index in [2.05, 4.69) is 31.9 Å². The smallest absolute Gasteiger partial charge is 0.255 e. The zero-order chi connectivity index (χ0) is 35.8. The van der Waals surface area contributed by atoms with Crippen LogP contribution in [0.25, 0.3) is 0 Å². The molecular formula is C33H56FN7O6. The van der Waals surface area contributed by atoms with Crippen molar-refractivity contribution in [3.05, 3.63) is 35.0 Å². The van der Waals surface area contributed by atoms with Gasteiger partial charge in [-0.3, -0.25) is 24.0 Å². The van der Waals surface area contributed by atoms with Gasteiger partial charge in [0.2, 0.25) is 35.6 Å². The van der Waals surface area contributed by atoms with Crippen molar-refractivity contribution in [1.82, 2.24) is 31.9 Å². The number of aromatic nitrogens is 1.